The summed E-state index contributed by atoms with van der Waals surface area (Å²) in [6.07, 6.45) is 0. The van der Waals surface area contributed by atoms with Crippen molar-refractivity contribution in [2.75, 3.05) is 4.90 Å². The molecule has 0 saturated heterocycles. The van der Waals surface area contributed by atoms with E-state index in [0.717, 1.165) is 4.90 Å². The molecule has 1 aliphatic rings. The number of rotatable bonds is 1. The van der Waals surface area contributed by atoms with Crippen molar-refractivity contribution in [3.05, 3.63) is 71.2 Å². The predicted molar refractivity (Wildman–Crippen MR) is 84.0 cm³/mol. The second-order valence-electron chi connectivity index (χ2n) is 5.36. The Bertz CT molecular complexity index is 997. The largest absolute Gasteiger partial charge is 0.268 e. The van der Waals surface area contributed by atoms with Gasteiger partial charge in [0.15, 0.2) is 0 Å². The van der Waals surface area contributed by atoms with E-state index in [0.29, 0.717) is 22.2 Å². The van der Waals surface area contributed by atoms with Gasteiger partial charge in [-0.3, -0.25) is 14.6 Å². The second-order valence-corrected chi connectivity index (χ2v) is 5.36. The van der Waals surface area contributed by atoms with Crippen molar-refractivity contribution in [2.24, 2.45) is 0 Å². The molecule has 4 nitrogen and oxygen atoms in total. The second kappa shape index (κ2) is 4.71. The molecule has 3 aromatic rings. The number of aromatic nitrogens is 1. The van der Waals surface area contributed by atoms with Crippen LogP contribution in [0.15, 0.2) is 48.5 Å². The molecule has 2 heterocycles. The van der Waals surface area contributed by atoms with Crippen LogP contribution < -0.4 is 4.90 Å². The molecule has 0 aliphatic carbocycles. The van der Waals surface area contributed by atoms with Gasteiger partial charge in [0.25, 0.3) is 11.8 Å². The van der Waals surface area contributed by atoms with Crippen LogP contribution in [-0.4, -0.2) is 16.8 Å². The molecule has 0 saturated carbocycles. The van der Waals surface area contributed by atoms with E-state index in [2.05, 4.69) is 4.98 Å². The quantitative estimate of drug-likeness (QED) is 0.647. The molecule has 2 aromatic carbocycles. The first kappa shape index (κ1) is 13.6. The molecule has 0 N–H and O–H groups in total. The van der Waals surface area contributed by atoms with Crippen LogP contribution in [0.2, 0.25) is 0 Å². The number of amides is 2. The number of hydrogen-bond donors (Lipinski definition) is 0. The smallest absolute Gasteiger partial charge is 0.268 e. The molecule has 1 aliphatic heterocycles. The summed E-state index contributed by atoms with van der Waals surface area (Å²) in [6, 6.07) is 12.9. The van der Waals surface area contributed by atoms with Crippen molar-refractivity contribution in [1.82, 2.24) is 4.98 Å². The Hall–Kier alpha value is -3.08. The van der Waals surface area contributed by atoms with Crippen LogP contribution in [0.3, 0.4) is 0 Å². The van der Waals surface area contributed by atoms with Gasteiger partial charge in [-0.15, -0.1) is 0 Å². The predicted octanol–water partition coefficient (Wildman–Crippen LogP) is 3.48. The van der Waals surface area contributed by atoms with Crippen molar-refractivity contribution in [1.29, 1.82) is 0 Å². The third kappa shape index (κ3) is 1.80. The molecule has 0 atom stereocenters. The minimum absolute atomic E-state index is 0.0396. The summed E-state index contributed by atoms with van der Waals surface area (Å²) in [5.74, 6) is -1.67. The lowest BCUT2D eigenvalue weighted by Gasteiger charge is -2.14. The third-order valence-electron chi connectivity index (χ3n) is 4.00. The fourth-order valence-electron chi connectivity index (χ4n) is 2.99. The Morgan fingerprint density at radius 3 is 2.35 bits per heavy atom. The maximum Gasteiger partial charge on any atom is 0.268 e. The van der Waals surface area contributed by atoms with Crippen molar-refractivity contribution in [3.63, 3.8) is 0 Å². The number of carbonyl (C=O) groups is 2. The molecular weight excluding hydrogens is 295 g/mol. The maximum atomic E-state index is 14.1. The molecule has 2 amide bonds. The molecular formula is C18H11FN2O2. The van der Waals surface area contributed by atoms with Gasteiger partial charge in [0.1, 0.15) is 5.82 Å². The zero-order valence-electron chi connectivity index (χ0n) is 12.2. The summed E-state index contributed by atoms with van der Waals surface area (Å²) < 4.78 is 14.1. The number of imide groups is 1. The van der Waals surface area contributed by atoms with E-state index in [9.17, 15) is 14.0 Å². The zero-order valence-corrected chi connectivity index (χ0v) is 12.2. The highest BCUT2D eigenvalue weighted by molar-refractivity contribution is 6.37. The number of fused-ring (bicyclic) bond motifs is 3. The van der Waals surface area contributed by atoms with Gasteiger partial charge < -0.3 is 0 Å². The average Bonchev–Trinajstić information content (AvgIpc) is 2.81. The average molecular weight is 306 g/mol. The van der Waals surface area contributed by atoms with Crippen molar-refractivity contribution < 1.29 is 14.0 Å². The van der Waals surface area contributed by atoms with E-state index in [1.165, 1.54) is 18.2 Å². The summed E-state index contributed by atoms with van der Waals surface area (Å²) in [6.45, 7) is 1.68. The third-order valence-corrected chi connectivity index (χ3v) is 4.00. The van der Waals surface area contributed by atoms with Crippen molar-refractivity contribution >= 4 is 28.4 Å². The van der Waals surface area contributed by atoms with Crippen LogP contribution in [0, 0.1) is 12.7 Å². The number of carbonyl (C=O) groups excluding carboxylic acids is 2. The lowest BCUT2D eigenvalue weighted by Crippen LogP contribution is -2.30. The number of benzene rings is 2. The molecule has 23 heavy (non-hydrogen) atoms. The van der Waals surface area contributed by atoms with Crippen molar-refractivity contribution in [2.45, 2.75) is 6.92 Å². The topological polar surface area (TPSA) is 50.3 Å². The molecule has 0 radical (unpaired) electrons. The number of hydrogen-bond acceptors (Lipinski definition) is 3. The van der Waals surface area contributed by atoms with E-state index >= 15 is 0 Å². The van der Waals surface area contributed by atoms with E-state index in [1.54, 1.807) is 31.2 Å². The van der Waals surface area contributed by atoms with Gasteiger partial charge in [-0.2, -0.15) is 0 Å². The van der Waals surface area contributed by atoms with Gasteiger partial charge in [-0.1, -0.05) is 30.3 Å². The highest BCUT2D eigenvalue weighted by Gasteiger charge is 2.40. The number of halogens is 1. The Morgan fingerprint density at radius 2 is 1.57 bits per heavy atom. The van der Waals surface area contributed by atoms with E-state index in [-0.39, 0.29) is 11.3 Å². The number of aryl methyl sites for hydroxylation is 1. The molecule has 1 aromatic heterocycles. The fourth-order valence-corrected chi connectivity index (χ4v) is 2.99. The Balaban J connectivity index is 2.02. The summed E-state index contributed by atoms with van der Waals surface area (Å²) in [7, 11) is 0. The van der Waals surface area contributed by atoms with Gasteiger partial charge in [0.05, 0.1) is 28.0 Å². The van der Waals surface area contributed by atoms with Crippen molar-refractivity contribution in [3.8, 4) is 0 Å². The first-order valence-electron chi connectivity index (χ1n) is 7.12. The van der Waals surface area contributed by atoms with Crippen LogP contribution in [0.4, 0.5) is 10.1 Å². The molecule has 0 unspecified atom stereocenters. The Labute approximate surface area is 131 Å². The summed E-state index contributed by atoms with van der Waals surface area (Å²) >= 11 is 0. The lowest BCUT2D eigenvalue weighted by molar-refractivity contribution is 0.0925. The van der Waals surface area contributed by atoms with E-state index in [1.807, 2.05) is 6.07 Å². The van der Waals surface area contributed by atoms with E-state index < -0.39 is 17.6 Å². The van der Waals surface area contributed by atoms with Gasteiger partial charge in [0.2, 0.25) is 0 Å². The van der Waals surface area contributed by atoms with Gasteiger partial charge >= 0.3 is 0 Å². The normalized spacial score (nSPS) is 13.7. The minimum atomic E-state index is -0.614. The standard InChI is InChI=1S/C18H11FN2O2/c1-10-15-16(11-6-2-4-8-13(11)20-10)18(23)21(17(15)22)14-9-5-3-7-12(14)19/h2-9H,1H3. The maximum absolute atomic E-state index is 14.1. The zero-order chi connectivity index (χ0) is 16.1. The van der Waals surface area contributed by atoms with Gasteiger partial charge in [-0.25, -0.2) is 9.29 Å². The highest BCUT2D eigenvalue weighted by atomic mass is 19.1. The molecule has 0 fully saturated rings. The van der Waals surface area contributed by atoms with Crippen LogP contribution in [-0.2, 0) is 0 Å². The summed E-state index contributed by atoms with van der Waals surface area (Å²) in [5.41, 5.74) is 1.61. The number of nitrogens with zero attached hydrogens (tertiary/aromatic N) is 2. The Kier molecular flexibility index (Phi) is 2.78. The molecule has 0 bridgehead atoms. The number of anilines is 1. The summed E-state index contributed by atoms with van der Waals surface area (Å²) in [4.78, 5) is 30.8. The first-order chi connectivity index (χ1) is 11.1. The number of pyridine rings is 1. The highest BCUT2D eigenvalue weighted by Crippen LogP contribution is 2.34. The SMILES string of the molecule is Cc1nc2ccccc2c2c1C(=O)N(c1ccccc1F)C2=O. The Morgan fingerprint density at radius 1 is 0.913 bits per heavy atom. The molecule has 4 rings (SSSR count). The number of para-hydroxylation sites is 2. The minimum Gasteiger partial charge on any atom is -0.268 e. The molecule has 0 spiro atoms. The monoisotopic (exact) mass is 306 g/mol. The summed E-state index contributed by atoms with van der Waals surface area (Å²) in [5, 5.41) is 0.602. The first-order valence-corrected chi connectivity index (χ1v) is 7.12. The van der Waals surface area contributed by atoms with Crippen LogP contribution in [0.1, 0.15) is 26.4 Å². The van der Waals surface area contributed by atoms with Crippen LogP contribution >= 0.6 is 0 Å². The van der Waals surface area contributed by atoms with Gasteiger partial charge in [-0.05, 0) is 25.1 Å². The fraction of sp³-hybridized carbons (Fsp3) is 0.0556. The molecule has 5 heteroatoms. The molecule has 112 valence electrons. The van der Waals surface area contributed by atoms with Crippen LogP contribution in [0.5, 0.6) is 0 Å². The van der Waals surface area contributed by atoms with E-state index in [4.69, 9.17) is 0 Å². The van der Waals surface area contributed by atoms with Crippen LogP contribution in [0.25, 0.3) is 10.9 Å². The lowest BCUT2D eigenvalue weighted by atomic mass is 10.0. The van der Waals surface area contributed by atoms with Gasteiger partial charge in [0, 0.05) is 5.39 Å².